The molecule has 92 valence electrons. The van der Waals surface area contributed by atoms with Crippen LogP contribution < -0.4 is 4.72 Å². The van der Waals surface area contributed by atoms with Crippen LogP contribution in [-0.4, -0.2) is 15.0 Å². The van der Waals surface area contributed by atoms with Crippen molar-refractivity contribution in [2.45, 2.75) is 24.2 Å². The van der Waals surface area contributed by atoms with Gasteiger partial charge in [0.1, 0.15) is 0 Å². The molecule has 5 heteroatoms. The van der Waals surface area contributed by atoms with E-state index in [1.165, 1.54) is 12.1 Å². The van der Waals surface area contributed by atoms with Crippen molar-refractivity contribution in [1.29, 1.82) is 0 Å². The minimum Gasteiger partial charge on any atom is -0.211 e. The molecule has 0 fully saturated rings. The SMILES string of the molecule is C#CCCCCNS(=O)(=O)c1cccc(Cl)c1. The highest BCUT2D eigenvalue weighted by molar-refractivity contribution is 7.89. The van der Waals surface area contributed by atoms with E-state index in [1.54, 1.807) is 12.1 Å². The summed E-state index contributed by atoms with van der Waals surface area (Å²) in [6.07, 6.45) is 7.31. The quantitative estimate of drug-likeness (QED) is 0.638. The lowest BCUT2D eigenvalue weighted by Gasteiger charge is -2.06. The molecule has 0 saturated carbocycles. The molecule has 1 N–H and O–H groups in total. The predicted octanol–water partition coefficient (Wildman–Crippen LogP) is 2.42. The standard InChI is InChI=1S/C12H14ClNO2S/c1-2-3-4-5-9-14-17(15,16)12-8-6-7-11(13)10-12/h1,6-8,10,14H,3-5,9H2. The van der Waals surface area contributed by atoms with Crippen LogP contribution in [0.2, 0.25) is 5.02 Å². The zero-order valence-electron chi connectivity index (χ0n) is 9.32. The summed E-state index contributed by atoms with van der Waals surface area (Å²) in [5, 5.41) is 0.403. The van der Waals surface area contributed by atoms with E-state index in [0.29, 0.717) is 18.0 Å². The summed E-state index contributed by atoms with van der Waals surface area (Å²) in [6, 6.07) is 6.17. The smallest absolute Gasteiger partial charge is 0.211 e. The maximum Gasteiger partial charge on any atom is 0.240 e. The van der Waals surface area contributed by atoms with E-state index in [-0.39, 0.29) is 4.90 Å². The highest BCUT2D eigenvalue weighted by Crippen LogP contribution is 2.15. The van der Waals surface area contributed by atoms with Gasteiger partial charge in [0.05, 0.1) is 4.90 Å². The first-order chi connectivity index (χ1) is 8.06. The van der Waals surface area contributed by atoms with Gasteiger partial charge in [0.15, 0.2) is 0 Å². The van der Waals surface area contributed by atoms with Crippen molar-refractivity contribution in [3.05, 3.63) is 29.3 Å². The maximum absolute atomic E-state index is 11.8. The fourth-order valence-corrected chi connectivity index (χ4v) is 2.65. The van der Waals surface area contributed by atoms with Crippen molar-refractivity contribution in [1.82, 2.24) is 4.72 Å². The van der Waals surface area contributed by atoms with Gasteiger partial charge >= 0.3 is 0 Å². The molecule has 1 rings (SSSR count). The van der Waals surface area contributed by atoms with Crippen LogP contribution in [0.1, 0.15) is 19.3 Å². The van der Waals surface area contributed by atoms with E-state index in [4.69, 9.17) is 18.0 Å². The molecule has 0 aromatic heterocycles. The van der Waals surface area contributed by atoms with Crippen LogP contribution in [0.15, 0.2) is 29.2 Å². The Morgan fingerprint density at radius 2 is 2.12 bits per heavy atom. The summed E-state index contributed by atoms with van der Waals surface area (Å²) in [5.74, 6) is 2.51. The van der Waals surface area contributed by atoms with Gasteiger partial charge in [-0.05, 0) is 31.0 Å². The minimum atomic E-state index is -3.46. The molecule has 0 bridgehead atoms. The molecule has 17 heavy (non-hydrogen) atoms. The molecule has 0 saturated heterocycles. The Labute approximate surface area is 107 Å². The van der Waals surface area contributed by atoms with Crippen LogP contribution in [0.5, 0.6) is 0 Å². The van der Waals surface area contributed by atoms with Crippen molar-refractivity contribution >= 4 is 21.6 Å². The lowest BCUT2D eigenvalue weighted by atomic mass is 10.2. The van der Waals surface area contributed by atoms with E-state index in [9.17, 15) is 8.42 Å². The number of hydrogen-bond acceptors (Lipinski definition) is 2. The van der Waals surface area contributed by atoms with Crippen LogP contribution in [0.25, 0.3) is 0 Å². The number of benzene rings is 1. The lowest BCUT2D eigenvalue weighted by molar-refractivity contribution is 0.577. The van der Waals surface area contributed by atoms with Crippen molar-refractivity contribution in [2.75, 3.05) is 6.54 Å². The summed E-state index contributed by atoms with van der Waals surface area (Å²) in [5.41, 5.74) is 0. The second-order valence-electron chi connectivity index (χ2n) is 3.52. The highest BCUT2D eigenvalue weighted by Gasteiger charge is 2.12. The maximum atomic E-state index is 11.8. The minimum absolute atomic E-state index is 0.182. The molecule has 0 amide bonds. The second kappa shape index (κ2) is 6.65. The molecular formula is C12H14ClNO2S. The Kier molecular flexibility index (Phi) is 5.49. The number of nitrogens with one attached hydrogen (secondary N) is 1. The highest BCUT2D eigenvalue weighted by atomic mass is 35.5. The van der Waals surface area contributed by atoms with Gasteiger partial charge in [-0.2, -0.15) is 0 Å². The number of sulfonamides is 1. The van der Waals surface area contributed by atoms with Crippen molar-refractivity contribution in [3.63, 3.8) is 0 Å². The normalized spacial score (nSPS) is 11.1. The van der Waals surface area contributed by atoms with E-state index in [0.717, 1.165) is 12.8 Å². The summed E-state index contributed by atoms with van der Waals surface area (Å²) >= 11 is 5.74. The van der Waals surface area contributed by atoms with E-state index >= 15 is 0 Å². The zero-order valence-corrected chi connectivity index (χ0v) is 10.9. The fourth-order valence-electron chi connectivity index (χ4n) is 1.28. The zero-order chi connectivity index (χ0) is 12.7. The second-order valence-corrected chi connectivity index (χ2v) is 5.72. The van der Waals surface area contributed by atoms with Crippen LogP contribution in [0.4, 0.5) is 0 Å². The molecule has 0 aliphatic heterocycles. The molecule has 0 heterocycles. The average molecular weight is 272 g/mol. The Morgan fingerprint density at radius 1 is 1.35 bits per heavy atom. The number of halogens is 1. The number of hydrogen-bond donors (Lipinski definition) is 1. The number of unbranched alkanes of at least 4 members (excludes halogenated alkanes) is 2. The van der Waals surface area contributed by atoms with Crippen LogP contribution >= 0.6 is 11.6 Å². The first-order valence-corrected chi connectivity index (χ1v) is 7.11. The van der Waals surface area contributed by atoms with Gasteiger partial charge in [-0.25, -0.2) is 13.1 Å². The third kappa shape index (κ3) is 4.78. The molecule has 0 unspecified atom stereocenters. The molecule has 1 aromatic carbocycles. The number of terminal acetylenes is 1. The largest absolute Gasteiger partial charge is 0.240 e. The van der Waals surface area contributed by atoms with Gasteiger partial charge in [-0.3, -0.25) is 0 Å². The Hall–Kier alpha value is -1.02. The van der Waals surface area contributed by atoms with Crippen molar-refractivity contribution in [2.24, 2.45) is 0 Å². The van der Waals surface area contributed by atoms with Crippen LogP contribution in [-0.2, 0) is 10.0 Å². The van der Waals surface area contributed by atoms with Gasteiger partial charge in [-0.15, -0.1) is 12.3 Å². The van der Waals surface area contributed by atoms with E-state index in [1.807, 2.05) is 0 Å². The molecule has 0 aliphatic rings. The van der Waals surface area contributed by atoms with Gasteiger partial charge < -0.3 is 0 Å². The van der Waals surface area contributed by atoms with E-state index in [2.05, 4.69) is 10.6 Å². The molecule has 3 nitrogen and oxygen atoms in total. The predicted molar refractivity (Wildman–Crippen MR) is 69.3 cm³/mol. The van der Waals surface area contributed by atoms with Crippen LogP contribution in [0.3, 0.4) is 0 Å². The molecule has 0 radical (unpaired) electrons. The van der Waals surface area contributed by atoms with Gasteiger partial charge in [0.25, 0.3) is 0 Å². The Morgan fingerprint density at radius 3 is 2.76 bits per heavy atom. The molecular weight excluding hydrogens is 258 g/mol. The summed E-state index contributed by atoms with van der Waals surface area (Å²) in [4.78, 5) is 0.182. The van der Waals surface area contributed by atoms with Crippen molar-refractivity contribution in [3.8, 4) is 12.3 Å². The Balaban J connectivity index is 2.55. The molecule has 1 aromatic rings. The molecule has 0 aliphatic carbocycles. The topological polar surface area (TPSA) is 46.2 Å². The van der Waals surface area contributed by atoms with Gasteiger partial charge in [0, 0.05) is 18.0 Å². The van der Waals surface area contributed by atoms with Gasteiger partial charge in [-0.1, -0.05) is 17.7 Å². The monoisotopic (exact) mass is 271 g/mol. The summed E-state index contributed by atoms with van der Waals surface area (Å²) in [6.45, 7) is 0.385. The third-order valence-electron chi connectivity index (χ3n) is 2.15. The average Bonchev–Trinajstić information content (AvgIpc) is 2.29. The van der Waals surface area contributed by atoms with Gasteiger partial charge in [0.2, 0.25) is 10.0 Å². The van der Waals surface area contributed by atoms with Crippen molar-refractivity contribution < 1.29 is 8.42 Å². The summed E-state index contributed by atoms with van der Waals surface area (Å²) < 4.78 is 26.1. The first-order valence-electron chi connectivity index (χ1n) is 5.25. The number of rotatable bonds is 6. The fraction of sp³-hybridized carbons (Fsp3) is 0.333. The van der Waals surface area contributed by atoms with E-state index < -0.39 is 10.0 Å². The lowest BCUT2D eigenvalue weighted by Crippen LogP contribution is -2.24. The third-order valence-corrected chi connectivity index (χ3v) is 3.84. The summed E-state index contributed by atoms with van der Waals surface area (Å²) in [7, 11) is -3.46. The molecule has 0 atom stereocenters. The van der Waals surface area contributed by atoms with Crippen LogP contribution in [0, 0.1) is 12.3 Å². The Bertz CT molecular complexity index is 505. The molecule has 0 spiro atoms. The first kappa shape index (κ1) is 14.0.